The average Bonchev–Trinajstić information content (AvgIpc) is 3.22. The molecule has 2 aliphatic heterocycles. The van der Waals surface area contributed by atoms with Gasteiger partial charge < -0.3 is 14.5 Å². The van der Waals surface area contributed by atoms with Crippen LogP contribution in [0.15, 0.2) is 24.3 Å². The maximum atomic E-state index is 12.9. The predicted octanol–water partition coefficient (Wildman–Crippen LogP) is 1.85. The molecule has 1 aromatic rings. The summed E-state index contributed by atoms with van der Waals surface area (Å²) in [4.78, 5) is 31.8. The first kappa shape index (κ1) is 18.7. The van der Waals surface area contributed by atoms with Gasteiger partial charge >= 0.3 is 0 Å². The molecule has 0 spiro atoms. The number of para-hydroxylation sites is 1. The Morgan fingerprint density at radius 2 is 1.62 bits per heavy atom. The van der Waals surface area contributed by atoms with E-state index >= 15 is 0 Å². The van der Waals surface area contributed by atoms with Crippen molar-refractivity contribution in [1.29, 1.82) is 0 Å². The second kappa shape index (κ2) is 8.54. The minimum atomic E-state index is -0.0267. The van der Waals surface area contributed by atoms with E-state index in [2.05, 4.69) is 11.8 Å². The minimum Gasteiger partial charge on any atom is -0.496 e. The Kier molecular flexibility index (Phi) is 6.14. The van der Waals surface area contributed by atoms with Gasteiger partial charge in [0.05, 0.1) is 18.7 Å². The molecule has 2 heterocycles. The van der Waals surface area contributed by atoms with Gasteiger partial charge in [-0.25, -0.2) is 0 Å². The van der Waals surface area contributed by atoms with Crippen LogP contribution in [0.25, 0.3) is 0 Å². The van der Waals surface area contributed by atoms with Gasteiger partial charge in [0.15, 0.2) is 0 Å². The van der Waals surface area contributed by atoms with E-state index < -0.39 is 0 Å². The molecule has 0 saturated carbocycles. The van der Waals surface area contributed by atoms with Crippen LogP contribution in [0.1, 0.15) is 36.5 Å². The van der Waals surface area contributed by atoms with Crippen LogP contribution in [-0.2, 0) is 4.79 Å². The first-order chi connectivity index (χ1) is 12.7. The molecule has 2 aliphatic rings. The lowest BCUT2D eigenvalue weighted by Crippen LogP contribution is -2.55. The van der Waals surface area contributed by atoms with Crippen molar-refractivity contribution in [3.05, 3.63) is 29.8 Å². The van der Waals surface area contributed by atoms with Crippen molar-refractivity contribution in [1.82, 2.24) is 14.7 Å². The van der Waals surface area contributed by atoms with Crippen molar-refractivity contribution in [3.63, 3.8) is 0 Å². The zero-order chi connectivity index (χ0) is 18.5. The highest BCUT2D eigenvalue weighted by Gasteiger charge is 2.33. The fourth-order valence-electron chi connectivity index (χ4n) is 3.97. The summed E-state index contributed by atoms with van der Waals surface area (Å²) in [6.07, 6.45) is 3.22. The quantitative estimate of drug-likeness (QED) is 0.805. The SMILES string of the molecule is CC[C@H](C(=O)N1CCN(C(=O)c2ccccc2OC)CC1)N1CCCC1. The van der Waals surface area contributed by atoms with Gasteiger partial charge in [-0.05, 0) is 44.5 Å². The highest BCUT2D eigenvalue weighted by molar-refractivity contribution is 5.97. The number of carbonyl (C=O) groups is 2. The lowest BCUT2D eigenvalue weighted by atomic mass is 10.1. The van der Waals surface area contributed by atoms with Crippen LogP contribution in [0.3, 0.4) is 0 Å². The molecule has 2 fully saturated rings. The maximum absolute atomic E-state index is 12.9. The Hall–Kier alpha value is -2.08. The fourth-order valence-corrected chi connectivity index (χ4v) is 3.97. The molecule has 0 aliphatic carbocycles. The number of amides is 2. The first-order valence-electron chi connectivity index (χ1n) is 9.60. The van der Waals surface area contributed by atoms with Crippen LogP contribution in [0.2, 0.25) is 0 Å². The maximum Gasteiger partial charge on any atom is 0.257 e. The summed E-state index contributed by atoms with van der Waals surface area (Å²) in [5.74, 6) is 0.788. The summed E-state index contributed by atoms with van der Waals surface area (Å²) in [5, 5.41) is 0. The lowest BCUT2D eigenvalue weighted by molar-refractivity contribution is -0.138. The van der Waals surface area contributed by atoms with Crippen LogP contribution >= 0.6 is 0 Å². The van der Waals surface area contributed by atoms with Gasteiger partial charge in [0, 0.05) is 26.2 Å². The van der Waals surface area contributed by atoms with Crippen molar-refractivity contribution in [2.75, 3.05) is 46.4 Å². The van der Waals surface area contributed by atoms with Crippen LogP contribution < -0.4 is 4.74 Å². The molecule has 1 aromatic carbocycles. The van der Waals surface area contributed by atoms with Gasteiger partial charge in [-0.1, -0.05) is 19.1 Å². The molecule has 0 N–H and O–H groups in total. The van der Waals surface area contributed by atoms with Crippen LogP contribution in [0.4, 0.5) is 0 Å². The molecular formula is C20H29N3O3. The van der Waals surface area contributed by atoms with Gasteiger partial charge in [-0.3, -0.25) is 14.5 Å². The zero-order valence-electron chi connectivity index (χ0n) is 15.8. The van der Waals surface area contributed by atoms with E-state index in [9.17, 15) is 9.59 Å². The minimum absolute atomic E-state index is 0.00558. The van der Waals surface area contributed by atoms with Gasteiger partial charge in [0.1, 0.15) is 5.75 Å². The van der Waals surface area contributed by atoms with Gasteiger partial charge in [-0.2, -0.15) is 0 Å². The van der Waals surface area contributed by atoms with Crippen molar-refractivity contribution in [2.24, 2.45) is 0 Å². The summed E-state index contributed by atoms with van der Waals surface area (Å²) in [6, 6.07) is 7.29. The molecule has 0 unspecified atom stereocenters. The molecule has 6 nitrogen and oxygen atoms in total. The second-order valence-corrected chi connectivity index (χ2v) is 6.98. The number of benzene rings is 1. The Labute approximate surface area is 155 Å². The molecule has 6 heteroatoms. The fraction of sp³-hybridized carbons (Fsp3) is 0.600. The summed E-state index contributed by atoms with van der Waals surface area (Å²) in [5.41, 5.74) is 0.582. The Morgan fingerprint density at radius 1 is 1.00 bits per heavy atom. The molecule has 2 amide bonds. The summed E-state index contributed by atoms with van der Waals surface area (Å²) >= 11 is 0. The van der Waals surface area contributed by atoms with E-state index in [0.29, 0.717) is 37.5 Å². The highest BCUT2D eigenvalue weighted by atomic mass is 16.5. The van der Waals surface area contributed by atoms with Gasteiger partial charge in [-0.15, -0.1) is 0 Å². The molecule has 26 heavy (non-hydrogen) atoms. The number of methoxy groups -OCH3 is 1. The summed E-state index contributed by atoms with van der Waals surface area (Å²) in [6.45, 7) is 6.47. The number of hydrogen-bond donors (Lipinski definition) is 0. The third-order valence-electron chi connectivity index (χ3n) is 5.47. The van der Waals surface area contributed by atoms with Crippen LogP contribution in [-0.4, -0.2) is 78.9 Å². The lowest BCUT2D eigenvalue weighted by Gasteiger charge is -2.38. The van der Waals surface area contributed by atoms with Crippen molar-refractivity contribution < 1.29 is 14.3 Å². The molecule has 142 valence electrons. The predicted molar refractivity (Wildman–Crippen MR) is 100 cm³/mol. The Balaban J connectivity index is 1.60. The number of piperazine rings is 1. The molecule has 0 bridgehead atoms. The van der Waals surface area contributed by atoms with E-state index in [1.165, 1.54) is 12.8 Å². The summed E-state index contributed by atoms with van der Waals surface area (Å²) < 4.78 is 5.30. The molecule has 2 saturated heterocycles. The van der Waals surface area contributed by atoms with Crippen molar-refractivity contribution in [3.8, 4) is 5.75 Å². The average molecular weight is 359 g/mol. The van der Waals surface area contributed by atoms with E-state index in [1.807, 2.05) is 21.9 Å². The smallest absolute Gasteiger partial charge is 0.257 e. The molecular weight excluding hydrogens is 330 g/mol. The van der Waals surface area contributed by atoms with Gasteiger partial charge in [0.2, 0.25) is 5.91 Å². The van der Waals surface area contributed by atoms with E-state index in [0.717, 1.165) is 19.5 Å². The van der Waals surface area contributed by atoms with Crippen molar-refractivity contribution >= 4 is 11.8 Å². The number of rotatable bonds is 5. The van der Waals surface area contributed by atoms with E-state index in [4.69, 9.17) is 4.74 Å². The molecule has 0 aromatic heterocycles. The molecule has 1 atom stereocenters. The standard InChI is InChI=1S/C20H29N3O3/c1-3-17(21-10-6-7-11-21)20(25)23-14-12-22(13-15-23)19(24)16-8-4-5-9-18(16)26-2/h4-5,8-9,17H,3,6-7,10-15H2,1-2H3/t17-/m1/s1. The largest absolute Gasteiger partial charge is 0.496 e. The third kappa shape index (κ3) is 3.85. The number of nitrogens with zero attached hydrogens (tertiary/aromatic N) is 3. The second-order valence-electron chi connectivity index (χ2n) is 6.98. The Bertz CT molecular complexity index is 635. The molecule has 0 radical (unpaired) electrons. The third-order valence-corrected chi connectivity index (χ3v) is 5.47. The highest BCUT2D eigenvalue weighted by Crippen LogP contribution is 2.21. The van der Waals surface area contributed by atoms with Crippen molar-refractivity contribution in [2.45, 2.75) is 32.2 Å². The molecule has 3 rings (SSSR count). The normalized spacial score (nSPS) is 19.5. The van der Waals surface area contributed by atoms with E-state index in [1.54, 1.807) is 19.2 Å². The number of carbonyl (C=O) groups excluding carboxylic acids is 2. The Morgan fingerprint density at radius 3 is 2.23 bits per heavy atom. The zero-order valence-corrected chi connectivity index (χ0v) is 15.8. The number of hydrogen-bond acceptors (Lipinski definition) is 4. The summed E-state index contributed by atoms with van der Waals surface area (Å²) in [7, 11) is 1.58. The van der Waals surface area contributed by atoms with Crippen LogP contribution in [0, 0.1) is 0 Å². The van der Waals surface area contributed by atoms with E-state index in [-0.39, 0.29) is 17.9 Å². The van der Waals surface area contributed by atoms with Crippen LogP contribution in [0.5, 0.6) is 5.75 Å². The van der Waals surface area contributed by atoms with Gasteiger partial charge in [0.25, 0.3) is 5.91 Å². The monoisotopic (exact) mass is 359 g/mol. The number of likely N-dealkylation sites (tertiary alicyclic amines) is 1. The number of ether oxygens (including phenoxy) is 1. The first-order valence-corrected chi connectivity index (χ1v) is 9.60. The topological polar surface area (TPSA) is 53.1 Å².